The second-order valence-corrected chi connectivity index (χ2v) is 5.20. The Kier molecular flexibility index (Phi) is 5.43. The van der Waals surface area contributed by atoms with Crippen LogP contribution in [0.4, 0.5) is 5.69 Å². The normalized spacial score (nSPS) is 14.0. The van der Waals surface area contributed by atoms with Gasteiger partial charge in [0.15, 0.2) is 0 Å². The van der Waals surface area contributed by atoms with E-state index in [4.69, 9.17) is 5.73 Å². The number of aliphatic hydroxyl groups excluding tert-OH is 1. The van der Waals surface area contributed by atoms with Gasteiger partial charge >= 0.3 is 0 Å². The number of nitrogen functional groups attached to an aromatic ring is 1. The van der Waals surface area contributed by atoms with E-state index in [0.29, 0.717) is 16.9 Å². The van der Waals surface area contributed by atoms with Crippen LogP contribution in [0.1, 0.15) is 23.0 Å². The molecule has 2 unspecified atom stereocenters. The molecule has 0 spiro atoms. The number of carbonyl (C=O) groups excluding carboxylic acids is 1. The second-order valence-electron chi connectivity index (χ2n) is 4.12. The summed E-state index contributed by atoms with van der Waals surface area (Å²) in [6.45, 7) is 3.65. The Balaban J connectivity index is 2.79. The predicted molar refractivity (Wildman–Crippen MR) is 74.7 cm³/mol. The molecule has 0 fully saturated rings. The zero-order valence-corrected chi connectivity index (χ0v) is 11.6. The van der Waals surface area contributed by atoms with E-state index in [1.807, 2.05) is 13.2 Å². The summed E-state index contributed by atoms with van der Waals surface area (Å²) in [6.07, 6.45) is 3.42. The molecule has 2 atom stereocenters. The topological polar surface area (TPSA) is 88.2 Å². The Hall–Kier alpha value is -1.27. The molecule has 1 aromatic heterocycles. The highest BCUT2D eigenvalue weighted by Gasteiger charge is 2.19. The number of aromatic nitrogens is 1. The summed E-state index contributed by atoms with van der Waals surface area (Å²) in [6, 6.07) is 1.48. The Morgan fingerprint density at radius 2 is 2.33 bits per heavy atom. The average Bonchev–Trinajstić information content (AvgIpc) is 2.33. The molecule has 18 heavy (non-hydrogen) atoms. The van der Waals surface area contributed by atoms with Gasteiger partial charge in [0.2, 0.25) is 0 Å². The van der Waals surface area contributed by atoms with Gasteiger partial charge in [-0.2, -0.15) is 11.8 Å². The van der Waals surface area contributed by atoms with Crippen molar-refractivity contribution < 1.29 is 9.90 Å². The third kappa shape index (κ3) is 3.61. The van der Waals surface area contributed by atoms with Crippen molar-refractivity contribution in [1.82, 2.24) is 10.3 Å². The van der Waals surface area contributed by atoms with Crippen LogP contribution >= 0.6 is 11.8 Å². The highest BCUT2D eigenvalue weighted by atomic mass is 32.2. The molecule has 0 radical (unpaired) electrons. The molecule has 6 heteroatoms. The van der Waals surface area contributed by atoms with Gasteiger partial charge in [0.25, 0.3) is 5.91 Å². The lowest BCUT2D eigenvalue weighted by Crippen LogP contribution is -2.41. The Labute approximate surface area is 111 Å². The lowest BCUT2D eigenvalue weighted by atomic mass is 10.1. The van der Waals surface area contributed by atoms with Gasteiger partial charge in [-0.15, -0.1) is 0 Å². The number of aliphatic hydroxyl groups is 1. The summed E-state index contributed by atoms with van der Waals surface area (Å²) in [5, 5.41) is 12.0. The summed E-state index contributed by atoms with van der Waals surface area (Å²) < 4.78 is 0. The molecule has 0 aliphatic rings. The minimum atomic E-state index is -0.215. The highest BCUT2D eigenvalue weighted by molar-refractivity contribution is 7.99. The van der Waals surface area contributed by atoms with E-state index in [0.717, 1.165) is 0 Å². The largest absolute Gasteiger partial charge is 0.397 e. The van der Waals surface area contributed by atoms with Crippen molar-refractivity contribution in [2.24, 2.45) is 0 Å². The third-order valence-corrected chi connectivity index (χ3v) is 3.91. The van der Waals surface area contributed by atoms with Crippen molar-refractivity contribution in [1.29, 1.82) is 0 Å². The number of pyridine rings is 1. The zero-order chi connectivity index (χ0) is 13.7. The number of rotatable bonds is 5. The fourth-order valence-corrected chi connectivity index (χ4v) is 2.22. The van der Waals surface area contributed by atoms with Crippen molar-refractivity contribution in [2.75, 3.05) is 18.6 Å². The first kappa shape index (κ1) is 14.8. The van der Waals surface area contributed by atoms with Crippen LogP contribution in [0.3, 0.4) is 0 Å². The number of hydrogen-bond acceptors (Lipinski definition) is 5. The summed E-state index contributed by atoms with van der Waals surface area (Å²) in [5.41, 5.74) is 7.19. The third-order valence-electron chi connectivity index (χ3n) is 2.75. The smallest absolute Gasteiger partial charge is 0.253 e. The van der Waals surface area contributed by atoms with Crippen LogP contribution in [0.5, 0.6) is 0 Å². The molecule has 0 saturated carbocycles. The van der Waals surface area contributed by atoms with Crippen LogP contribution in [-0.2, 0) is 0 Å². The van der Waals surface area contributed by atoms with Crippen LogP contribution in [0, 0.1) is 6.92 Å². The first-order chi connectivity index (χ1) is 8.49. The predicted octanol–water partition coefficient (Wildman–Crippen LogP) is 0.814. The monoisotopic (exact) mass is 269 g/mol. The maximum absolute atomic E-state index is 12.1. The molecular weight excluding hydrogens is 250 g/mol. The lowest BCUT2D eigenvalue weighted by Gasteiger charge is -2.21. The van der Waals surface area contributed by atoms with Gasteiger partial charge in [-0.1, -0.05) is 0 Å². The molecule has 1 rings (SSSR count). The maximum Gasteiger partial charge on any atom is 0.253 e. The molecule has 0 aliphatic heterocycles. The van der Waals surface area contributed by atoms with Crippen LogP contribution < -0.4 is 11.1 Å². The number of aryl methyl sites for hydroxylation is 1. The molecule has 0 saturated heterocycles. The van der Waals surface area contributed by atoms with Crippen molar-refractivity contribution in [3.8, 4) is 0 Å². The van der Waals surface area contributed by atoms with Crippen LogP contribution in [-0.4, -0.2) is 40.2 Å². The summed E-state index contributed by atoms with van der Waals surface area (Å²) in [7, 11) is 0. The maximum atomic E-state index is 12.1. The first-order valence-corrected chi connectivity index (χ1v) is 6.95. The number of nitrogens with two attached hydrogens (primary N) is 1. The van der Waals surface area contributed by atoms with E-state index in [1.54, 1.807) is 13.0 Å². The van der Waals surface area contributed by atoms with Gasteiger partial charge in [-0.3, -0.25) is 9.78 Å². The van der Waals surface area contributed by atoms with Gasteiger partial charge < -0.3 is 16.2 Å². The van der Waals surface area contributed by atoms with Gasteiger partial charge in [-0.05, 0) is 26.2 Å². The molecule has 0 aromatic carbocycles. The van der Waals surface area contributed by atoms with E-state index in [9.17, 15) is 9.90 Å². The van der Waals surface area contributed by atoms with Gasteiger partial charge in [0, 0.05) is 11.3 Å². The van der Waals surface area contributed by atoms with Gasteiger partial charge in [0.05, 0.1) is 29.7 Å². The lowest BCUT2D eigenvalue weighted by molar-refractivity contribution is 0.0935. The first-order valence-electron chi connectivity index (χ1n) is 5.66. The second kappa shape index (κ2) is 6.61. The average molecular weight is 269 g/mol. The highest BCUT2D eigenvalue weighted by Crippen LogP contribution is 2.13. The minimum absolute atomic E-state index is 0.0246. The van der Waals surface area contributed by atoms with E-state index < -0.39 is 0 Å². The fraction of sp³-hybridized carbons (Fsp3) is 0.500. The number of amides is 1. The number of nitrogens with one attached hydrogen (secondary N) is 1. The van der Waals surface area contributed by atoms with Crippen LogP contribution in [0.15, 0.2) is 12.3 Å². The SMILES string of the molecule is CSC(CO)C(C)NC(=O)c1cc(N)cnc1C. The molecule has 4 N–H and O–H groups in total. The van der Waals surface area contributed by atoms with E-state index >= 15 is 0 Å². The molecule has 1 aromatic rings. The molecule has 0 aliphatic carbocycles. The summed E-state index contributed by atoms with van der Waals surface area (Å²) in [4.78, 5) is 16.1. The number of nitrogens with zero attached hydrogens (tertiary/aromatic N) is 1. The van der Waals surface area contributed by atoms with Crippen LogP contribution in [0.2, 0.25) is 0 Å². The quantitative estimate of drug-likeness (QED) is 0.736. The van der Waals surface area contributed by atoms with Crippen LogP contribution in [0.25, 0.3) is 0 Å². The standard InChI is InChI=1S/C12H19N3O2S/c1-7-10(4-9(13)5-14-7)12(17)15-8(2)11(6-16)18-3/h4-5,8,11,16H,6,13H2,1-3H3,(H,15,17). The molecule has 100 valence electrons. The Morgan fingerprint density at radius 1 is 1.67 bits per heavy atom. The van der Waals surface area contributed by atoms with E-state index in [1.165, 1.54) is 18.0 Å². The number of carbonyl (C=O) groups is 1. The van der Waals surface area contributed by atoms with Crippen molar-refractivity contribution in [3.63, 3.8) is 0 Å². The van der Waals surface area contributed by atoms with Crippen molar-refractivity contribution in [3.05, 3.63) is 23.5 Å². The van der Waals surface area contributed by atoms with Crippen molar-refractivity contribution in [2.45, 2.75) is 25.1 Å². The molecule has 0 bridgehead atoms. The van der Waals surface area contributed by atoms with Gasteiger partial charge in [-0.25, -0.2) is 0 Å². The zero-order valence-electron chi connectivity index (χ0n) is 10.8. The van der Waals surface area contributed by atoms with Gasteiger partial charge in [0.1, 0.15) is 0 Å². The molecule has 5 nitrogen and oxygen atoms in total. The van der Waals surface area contributed by atoms with E-state index in [-0.39, 0.29) is 23.8 Å². The van der Waals surface area contributed by atoms with Crippen molar-refractivity contribution >= 4 is 23.4 Å². The number of hydrogen-bond donors (Lipinski definition) is 3. The Bertz CT molecular complexity index is 422. The number of thioether (sulfide) groups is 1. The Morgan fingerprint density at radius 3 is 2.89 bits per heavy atom. The molecule has 1 heterocycles. The molecular formula is C12H19N3O2S. The fourth-order valence-electron chi connectivity index (χ4n) is 1.59. The molecule has 1 amide bonds. The summed E-state index contributed by atoms with van der Waals surface area (Å²) >= 11 is 1.52. The van der Waals surface area contributed by atoms with E-state index in [2.05, 4.69) is 10.3 Å². The minimum Gasteiger partial charge on any atom is -0.397 e. The number of anilines is 1. The summed E-state index contributed by atoms with van der Waals surface area (Å²) in [5.74, 6) is -0.215.